The average Bonchev–Trinajstić information content (AvgIpc) is 3.22. The molecule has 190 valence electrons. The molecule has 3 amide bonds. The molecule has 0 saturated carbocycles. The molecule has 3 N–H and O–H groups in total. The number of carbonyl (C=O) groups is 3. The van der Waals surface area contributed by atoms with Crippen LogP contribution < -0.4 is 16.1 Å². The molecular weight excluding hydrogens is 556 g/mol. The zero-order valence-electron chi connectivity index (χ0n) is 20.4. The standard InChI is InChI=1S/C28H26BrClN4O3/c1-3-4-5-18-6-10-22(11-7-18)31-27(36)28(37)33-34-24-13-9-21(30)15-19(24)16-25(34)26(35)32-23-12-8-20(29)14-17(23)2/h6-16H,3-5H2,1-2H3,(H,31,36)(H,32,35)(H,33,37). The maximum absolute atomic E-state index is 13.2. The van der Waals surface area contributed by atoms with Gasteiger partial charge < -0.3 is 10.6 Å². The number of carbonyl (C=O) groups excluding carboxylic acids is 3. The van der Waals surface area contributed by atoms with E-state index in [2.05, 4.69) is 38.9 Å². The first-order chi connectivity index (χ1) is 17.7. The highest BCUT2D eigenvalue weighted by atomic mass is 79.9. The Hall–Kier alpha value is -3.62. The first-order valence-corrected chi connectivity index (χ1v) is 13.0. The van der Waals surface area contributed by atoms with Crippen molar-refractivity contribution in [3.8, 4) is 0 Å². The van der Waals surface area contributed by atoms with Gasteiger partial charge in [-0.15, -0.1) is 0 Å². The summed E-state index contributed by atoms with van der Waals surface area (Å²) in [6.07, 6.45) is 3.14. The van der Waals surface area contributed by atoms with Crippen molar-refractivity contribution in [1.82, 2.24) is 4.68 Å². The monoisotopic (exact) mass is 580 g/mol. The van der Waals surface area contributed by atoms with Gasteiger partial charge in [0, 0.05) is 26.3 Å². The molecule has 0 atom stereocenters. The van der Waals surface area contributed by atoms with Crippen molar-refractivity contribution in [1.29, 1.82) is 0 Å². The van der Waals surface area contributed by atoms with E-state index >= 15 is 0 Å². The zero-order valence-corrected chi connectivity index (χ0v) is 22.7. The summed E-state index contributed by atoms with van der Waals surface area (Å²) in [7, 11) is 0. The third kappa shape index (κ3) is 6.39. The molecule has 37 heavy (non-hydrogen) atoms. The first kappa shape index (κ1) is 26.4. The normalized spacial score (nSPS) is 10.8. The lowest BCUT2D eigenvalue weighted by Crippen LogP contribution is -2.36. The molecule has 7 nitrogen and oxygen atoms in total. The van der Waals surface area contributed by atoms with Crippen LogP contribution in [0.2, 0.25) is 5.02 Å². The minimum absolute atomic E-state index is 0.140. The van der Waals surface area contributed by atoms with Gasteiger partial charge in [-0.1, -0.05) is 53.0 Å². The number of hydrogen-bond acceptors (Lipinski definition) is 3. The van der Waals surface area contributed by atoms with E-state index < -0.39 is 17.7 Å². The van der Waals surface area contributed by atoms with Crippen LogP contribution in [0, 0.1) is 6.92 Å². The number of halogens is 2. The van der Waals surface area contributed by atoms with Gasteiger partial charge in [0.15, 0.2) is 0 Å². The third-order valence-electron chi connectivity index (χ3n) is 5.88. The van der Waals surface area contributed by atoms with Crippen LogP contribution in [0.5, 0.6) is 0 Å². The molecule has 0 aliphatic heterocycles. The van der Waals surface area contributed by atoms with Gasteiger partial charge >= 0.3 is 11.8 Å². The second kappa shape index (κ2) is 11.6. The lowest BCUT2D eigenvalue weighted by molar-refractivity contribution is -0.133. The van der Waals surface area contributed by atoms with Crippen LogP contribution in [0.1, 0.15) is 41.4 Å². The maximum Gasteiger partial charge on any atom is 0.328 e. The summed E-state index contributed by atoms with van der Waals surface area (Å²) in [5.74, 6) is -2.23. The minimum Gasteiger partial charge on any atom is -0.320 e. The average molecular weight is 582 g/mol. The summed E-state index contributed by atoms with van der Waals surface area (Å²) in [5.41, 5.74) is 6.37. The van der Waals surface area contributed by atoms with Gasteiger partial charge in [0.05, 0.1) is 5.52 Å². The minimum atomic E-state index is -0.920. The number of aryl methyl sites for hydroxylation is 2. The van der Waals surface area contributed by atoms with Crippen LogP contribution in [0.25, 0.3) is 10.9 Å². The summed E-state index contributed by atoms with van der Waals surface area (Å²) in [6.45, 7) is 4.00. The highest BCUT2D eigenvalue weighted by Crippen LogP contribution is 2.25. The molecular formula is C28H26BrClN4O3. The van der Waals surface area contributed by atoms with Crippen molar-refractivity contribution in [3.05, 3.63) is 93.0 Å². The number of anilines is 2. The maximum atomic E-state index is 13.2. The summed E-state index contributed by atoms with van der Waals surface area (Å²) in [4.78, 5) is 38.8. The van der Waals surface area contributed by atoms with Crippen LogP contribution in [0.3, 0.4) is 0 Å². The van der Waals surface area contributed by atoms with Crippen LogP contribution in [-0.4, -0.2) is 22.4 Å². The number of benzene rings is 3. The molecule has 4 rings (SSSR count). The number of nitrogens with zero attached hydrogens (tertiary/aromatic N) is 1. The fraction of sp³-hybridized carbons (Fsp3) is 0.179. The number of aromatic nitrogens is 1. The summed E-state index contributed by atoms with van der Waals surface area (Å²) in [5, 5.41) is 6.58. The molecule has 0 saturated heterocycles. The summed E-state index contributed by atoms with van der Waals surface area (Å²) < 4.78 is 2.19. The Kier molecular flexibility index (Phi) is 8.31. The Balaban J connectivity index is 1.56. The number of unbranched alkanes of at least 4 members (excludes halogenated alkanes) is 1. The number of amides is 3. The predicted molar refractivity (Wildman–Crippen MR) is 152 cm³/mol. The van der Waals surface area contributed by atoms with E-state index in [9.17, 15) is 14.4 Å². The van der Waals surface area contributed by atoms with E-state index in [1.54, 1.807) is 42.5 Å². The summed E-state index contributed by atoms with van der Waals surface area (Å²) in [6, 6.07) is 19.5. The van der Waals surface area contributed by atoms with E-state index in [0.717, 1.165) is 29.3 Å². The van der Waals surface area contributed by atoms with Crippen molar-refractivity contribution < 1.29 is 14.4 Å². The van der Waals surface area contributed by atoms with E-state index in [0.29, 0.717) is 27.3 Å². The lowest BCUT2D eigenvalue weighted by Gasteiger charge is -2.14. The van der Waals surface area contributed by atoms with Crippen LogP contribution in [0.4, 0.5) is 11.4 Å². The van der Waals surface area contributed by atoms with Crippen LogP contribution in [-0.2, 0) is 16.0 Å². The Morgan fingerprint density at radius 1 is 0.919 bits per heavy atom. The molecule has 0 aliphatic rings. The van der Waals surface area contributed by atoms with Gasteiger partial charge in [-0.05, 0) is 85.5 Å². The SMILES string of the molecule is CCCCc1ccc(NC(=O)C(=O)Nn2c(C(=O)Nc3ccc(Br)cc3C)cc3cc(Cl)ccc32)cc1. The Morgan fingerprint density at radius 2 is 1.68 bits per heavy atom. The molecule has 0 unspecified atom stereocenters. The van der Waals surface area contributed by atoms with Gasteiger partial charge in [-0.3, -0.25) is 19.8 Å². The molecule has 0 bridgehead atoms. The molecule has 0 aliphatic carbocycles. The molecule has 4 aromatic rings. The fourth-order valence-electron chi connectivity index (χ4n) is 3.90. The number of fused-ring (bicyclic) bond motifs is 1. The van der Waals surface area contributed by atoms with E-state index in [1.165, 1.54) is 10.2 Å². The summed E-state index contributed by atoms with van der Waals surface area (Å²) >= 11 is 9.56. The highest BCUT2D eigenvalue weighted by molar-refractivity contribution is 9.10. The smallest absolute Gasteiger partial charge is 0.320 e. The van der Waals surface area contributed by atoms with E-state index in [1.807, 2.05) is 31.2 Å². The molecule has 1 aromatic heterocycles. The van der Waals surface area contributed by atoms with Gasteiger partial charge in [-0.25, -0.2) is 4.68 Å². The Bertz CT molecular complexity index is 1480. The molecule has 3 aromatic carbocycles. The number of nitrogens with one attached hydrogen (secondary N) is 3. The highest BCUT2D eigenvalue weighted by Gasteiger charge is 2.21. The van der Waals surface area contributed by atoms with Crippen LogP contribution in [0.15, 0.2) is 71.2 Å². The fourth-order valence-corrected chi connectivity index (χ4v) is 4.56. The molecule has 9 heteroatoms. The second-order valence-corrected chi connectivity index (χ2v) is 10.0. The van der Waals surface area contributed by atoms with Gasteiger partial charge in [0.2, 0.25) is 0 Å². The van der Waals surface area contributed by atoms with Crippen molar-refractivity contribution in [2.45, 2.75) is 33.1 Å². The first-order valence-electron chi connectivity index (χ1n) is 11.8. The van der Waals surface area contributed by atoms with Crippen molar-refractivity contribution in [2.75, 3.05) is 16.1 Å². The molecule has 1 heterocycles. The van der Waals surface area contributed by atoms with Gasteiger partial charge in [0.25, 0.3) is 5.91 Å². The van der Waals surface area contributed by atoms with Gasteiger partial charge in [0.1, 0.15) is 5.69 Å². The van der Waals surface area contributed by atoms with Crippen molar-refractivity contribution >= 4 is 67.5 Å². The van der Waals surface area contributed by atoms with Crippen molar-refractivity contribution in [3.63, 3.8) is 0 Å². The van der Waals surface area contributed by atoms with Crippen molar-refractivity contribution in [2.24, 2.45) is 0 Å². The molecule has 0 spiro atoms. The Morgan fingerprint density at radius 3 is 2.38 bits per heavy atom. The third-order valence-corrected chi connectivity index (χ3v) is 6.61. The Labute approximate surface area is 228 Å². The van der Waals surface area contributed by atoms with Gasteiger partial charge in [-0.2, -0.15) is 0 Å². The second-order valence-electron chi connectivity index (χ2n) is 8.68. The van der Waals surface area contributed by atoms with Crippen LogP contribution >= 0.6 is 27.5 Å². The largest absolute Gasteiger partial charge is 0.328 e. The number of hydrogen-bond donors (Lipinski definition) is 3. The zero-order chi connectivity index (χ0) is 26.5. The predicted octanol–water partition coefficient (Wildman–Crippen LogP) is 6.67. The van der Waals surface area contributed by atoms with E-state index in [-0.39, 0.29) is 5.69 Å². The lowest BCUT2D eigenvalue weighted by atomic mass is 10.1. The number of rotatable bonds is 7. The molecule has 0 radical (unpaired) electrons. The quantitative estimate of drug-likeness (QED) is 0.213. The topological polar surface area (TPSA) is 92.2 Å². The van der Waals surface area contributed by atoms with E-state index in [4.69, 9.17) is 11.6 Å². The molecule has 0 fully saturated rings.